The molecule has 4 nitrogen and oxygen atoms in total. The number of carboxylic acids is 1. The Hall–Kier alpha value is -1.55. The molecule has 0 saturated heterocycles. The SMILES string of the molecule is CCCC(Oc1ccc(C)cc1[C@H](C)N)C(=O)O. The van der Waals surface area contributed by atoms with Gasteiger partial charge in [-0.1, -0.05) is 31.0 Å². The monoisotopic (exact) mass is 251 g/mol. The van der Waals surface area contributed by atoms with Crippen LogP contribution in [0.1, 0.15) is 43.9 Å². The molecule has 3 N–H and O–H groups in total. The molecule has 0 saturated carbocycles. The molecule has 0 bridgehead atoms. The van der Waals surface area contributed by atoms with Gasteiger partial charge in [0.25, 0.3) is 0 Å². The topological polar surface area (TPSA) is 72.5 Å². The molecule has 0 amide bonds. The minimum absolute atomic E-state index is 0.184. The van der Waals surface area contributed by atoms with Gasteiger partial charge in [0.15, 0.2) is 6.10 Å². The second-order valence-electron chi connectivity index (χ2n) is 4.56. The Kier molecular flexibility index (Phi) is 5.16. The molecule has 1 aromatic carbocycles. The lowest BCUT2D eigenvalue weighted by Crippen LogP contribution is -2.27. The number of ether oxygens (including phenoxy) is 1. The van der Waals surface area contributed by atoms with Gasteiger partial charge in [-0.05, 0) is 26.3 Å². The Bertz CT molecular complexity index is 416. The van der Waals surface area contributed by atoms with E-state index in [-0.39, 0.29) is 6.04 Å². The van der Waals surface area contributed by atoms with Gasteiger partial charge in [0.05, 0.1) is 0 Å². The fraction of sp³-hybridized carbons (Fsp3) is 0.500. The van der Waals surface area contributed by atoms with Crippen LogP contribution in [0.4, 0.5) is 0 Å². The van der Waals surface area contributed by atoms with Crippen molar-refractivity contribution in [3.8, 4) is 5.75 Å². The Morgan fingerprint density at radius 1 is 1.50 bits per heavy atom. The van der Waals surface area contributed by atoms with Crippen molar-refractivity contribution in [2.75, 3.05) is 0 Å². The summed E-state index contributed by atoms with van der Waals surface area (Å²) >= 11 is 0. The van der Waals surface area contributed by atoms with Crippen LogP contribution in [0.3, 0.4) is 0 Å². The molecule has 1 aromatic rings. The van der Waals surface area contributed by atoms with Gasteiger partial charge in [-0.2, -0.15) is 0 Å². The summed E-state index contributed by atoms with van der Waals surface area (Å²) in [5.41, 5.74) is 7.81. The maximum atomic E-state index is 11.1. The minimum atomic E-state index is -0.937. The molecule has 0 heterocycles. The van der Waals surface area contributed by atoms with Gasteiger partial charge in [0.2, 0.25) is 0 Å². The average molecular weight is 251 g/mol. The van der Waals surface area contributed by atoms with E-state index >= 15 is 0 Å². The van der Waals surface area contributed by atoms with Crippen LogP contribution < -0.4 is 10.5 Å². The minimum Gasteiger partial charge on any atom is -0.479 e. The van der Waals surface area contributed by atoms with Crippen molar-refractivity contribution in [2.24, 2.45) is 5.73 Å². The van der Waals surface area contributed by atoms with Crippen molar-refractivity contribution in [3.63, 3.8) is 0 Å². The number of rotatable bonds is 6. The van der Waals surface area contributed by atoms with Crippen molar-refractivity contribution in [1.82, 2.24) is 0 Å². The molecule has 18 heavy (non-hydrogen) atoms. The van der Waals surface area contributed by atoms with E-state index in [1.165, 1.54) is 0 Å². The van der Waals surface area contributed by atoms with Crippen LogP contribution in [0.15, 0.2) is 18.2 Å². The van der Waals surface area contributed by atoms with E-state index in [4.69, 9.17) is 15.6 Å². The molecule has 0 aliphatic heterocycles. The molecule has 0 radical (unpaired) electrons. The zero-order valence-corrected chi connectivity index (χ0v) is 11.1. The Labute approximate surface area is 108 Å². The largest absolute Gasteiger partial charge is 0.479 e. The average Bonchev–Trinajstić information content (AvgIpc) is 2.30. The van der Waals surface area contributed by atoms with E-state index < -0.39 is 12.1 Å². The number of benzene rings is 1. The highest BCUT2D eigenvalue weighted by atomic mass is 16.5. The van der Waals surface area contributed by atoms with Gasteiger partial charge in [0.1, 0.15) is 5.75 Å². The second-order valence-corrected chi connectivity index (χ2v) is 4.56. The van der Waals surface area contributed by atoms with E-state index in [0.717, 1.165) is 17.5 Å². The highest BCUT2D eigenvalue weighted by molar-refractivity contribution is 5.72. The summed E-state index contributed by atoms with van der Waals surface area (Å²) in [4.78, 5) is 11.1. The van der Waals surface area contributed by atoms with Crippen molar-refractivity contribution in [2.45, 2.75) is 45.8 Å². The Morgan fingerprint density at radius 3 is 2.67 bits per heavy atom. The lowest BCUT2D eigenvalue weighted by atomic mass is 10.0. The normalized spacial score (nSPS) is 14.0. The van der Waals surface area contributed by atoms with Crippen molar-refractivity contribution >= 4 is 5.97 Å². The number of nitrogens with two attached hydrogens (primary N) is 1. The molecule has 0 fully saturated rings. The Morgan fingerprint density at radius 2 is 2.17 bits per heavy atom. The molecule has 0 aliphatic rings. The first kappa shape index (κ1) is 14.5. The van der Waals surface area contributed by atoms with Crippen LogP contribution in [0, 0.1) is 6.92 Å². The quantitative estimate of drug-likeness (QED) is 0.815. The molecular formula is C14H21NO3. The summed E-state index contributed by atoms with van der Waals surface area (Å²) in [5, 5.41) is 9.09. The van der Waals surface area contributed by atoms with Gasteiger partial charge in [-0.3, -0.25) is 0 Å². The molecule has 0 spiro atoms. The number of carbonyl (C=O) groups is 1. The van der Waals surface area contributed by atoms with Gasteiger partial charge in [-0.15, -0.1) is 0 Å². The van der Waals surface area contributed by atoms with E-state index in [0.29, 0.717) is 12.2 Å². The first-order valence-electron chi connectivity index (χ1n) is 6.21. The van der Waals surface area contributed by atoms with E-state index in [2.05, 4.69) is 0 Å². The van der Waals surface area contributed by atoms with Gasteiger partial charge in [0, 0.05) is 11.6 Å². The molecule has 1 unspecified atom stereocenters. The summed E-state index contributed by atoms with van der Waals surface area (Å²) in [6.07, 6.45) is 0.438. The first-order valence-corrected chi connectivity index (χ1v) is 6.21. The summed E-state index contributed by atoms with van der Waals surface area (Å²) in [6, 6.07) is 5.44. The number of hydrogen-bond donors (Lipinski definition) is 2. The van der Waals surface area contributed by atoms with Crippen molar-refractivity contribution in [1.29, 1.82) is 0 Å². The lowest BCUT2D eigenvalue weighted by molar-refractivity contribution is -0.145. The molecule has 100 valence electrons. The fourth-order valence-corrected chi connectivity index (χ4v) is 1.78. The third kappa shape index (κ3) is 3.74. The number of carboxylic acid groups (broad SMARTS) is 1. The van der Waals surface area contributed by atoms with E-state index in [1.54, 1.807) is 6.07 Å². The van der Waals surface area contributed by atoms with Gasteiger partial charge < -0.3 is 15.6 Å². The van der Waals surface area contributed by atoms with E-state index in [1.807, 2.05) is 32.9 Å². The summed E-state index contributed by atoms with van der Waals surface area (Å²) < 4.78 is 5.58. The summed E-state index contributed by atoms with van der Waals surface area (Å²) in [5.74, 6) is -0.371. The Balaban J connectivity index is 2.98. The molecular weight excluding hydrogens is 230 g/mol. The van der Waals surface area contributed by atoms with Gasteiger partial charge in [-0.25, -0.2) is 4.79 Å². The summed E-state index contributed by atoms with van der Waals surface area (Å²) in [7, 11) is 0. The smallest absolute Gasteiger partial charge is 0.344 e. The number of hydrogen-bond acceptors (Lipinski definition) is 3. The van der Waals surface area contributed by atoms with Crippen molar-refractivity contribution < 1.29 is 14.6 Å². The standard InChI is InChI=1S/C14H21NO3/c1-4-5-13(14(16)17)18-12-7-6-9(2)8-11(12)10(3)15/h6-8,10,13H,4-5,15H2,1-3H3,(H,16,17)/t10-,13?/m0/s1. The molecule has 2 atom stereocenters. The second kappa shape index (κ2) is 6.40. The van der Waals surface area contributed by atoms with Crippen LogP contribution in [0.25, 0.3) is 0 Å². The highest BCUT2D eigenvalue weighted by Crippen LogP contribution is 2.26. The number of aliphatic carboxylic acids is 1. The summed E-state index contributed by atoms with van der Waals surface area (Å²) in [6.45, 7) is 5.76. The van der Waals surface area contributed by atoms with Crippen molar-refractivity contribution in [3.05, 3.63) is 29.3 Å². The number of aryl methyl sites for hydroxylation is 1. The molecule has 1 rings (SSSR count). The molecule has 4 heteroatoms. The first-order chi connectivity index (χ1) is 8.45. The van der Waals surface area contributed by atoms with Gasteiger partial charge >= 0.3 is 5.97 Å². The maximum Gasteiger partial charge on any atom is 0.344 e. The highest BCUT2D eigenvalue weighted by Gasteiger charge is 2.20. The maximum absolute atomic E-state index is 11.1. The van der Waals surface area contributed by atoms with Crippen LogP contribution in [-0.2, 0) is 4.79 Å². The molecule has 0 aromatic heterocycles. The van der Waals surface area contributed by atoms with Crippen LogP contribution in [-0.4, -0.2) is 17.2 Å². The van der Waals surface area contributed by atoms with Crippen LogP contribution in [0.2, 0.25) is 0 Å². The molecule has 0 aliphatic carbocycles. The lowest BCUT2D eigenvalue weighted by Gasteiger charge is -2.19. The predicted molar refractivity (Wildman–Crippen MR) is 70.7 cm³/mol. The fourth-order valence-electron chi connectivity index (χ4n) is 1.78. The van der Waals surface area contributed by atoms with E-state index in [9.17, 15) is 4.79 Å². The van der Waals surface area contributed by atoms with Crippen LogP contribution in [0.5, 0.6) is 5.75 Å². The third-order valence-corrected chi connectivity index (χ3v) is 2.75. The van der Waals surface area contributed by atoms with Crippen LogP contribution >= 0.6 is 0 Å². The zero-order chi connectivity index (χ0) is 13.7. The zero-order valence-electron chi connectivity index (χ0n) is 11.1. The predicted octanol–water partition coefficient (Wildman–Crippen LogP) is 2.65. The third-order valence-electron chi connectivity index (χ3n) is 2.75.